The number of fused-ring (bicyclic) bond motifs is 1. The van der Waals surface area contributed by atoms with Crippen molar-refractivity contribution in [2.24, 2.45) is 5.92 Å². The Bertz CT molecular complexity index is 1510. The maximum absolute atomic E-state index is 14.2. The molecule has 0 bridgehead atoms. The standard InChI is InChI=1S/C32H30F2N2O4/c1-20(2)32(38)36-15-14-22-8-11-26(17-28(22)30(36)23-4-3-5-25(34)16-23)39-19-27-12-13-29(40-27)31(37)35-18-21-6-9-24(33)10-7-21/h3-13,16-17,20,30H,14-15,18-19H2,1-2H3,(H,35,37). The third-order valence-electron chi connectivity index (χ3n) is 6.92. The van der Waals surface area contributed by atoms with Gasteiger partial charge in [0.25, 0.3) is 5.91 Å². The van der Waals surface area contributed by atoms with E-state index in [0.29, 0.717) is 30.0 Å². The minimum Gasteiger partial charge on any atom is -0.486 e. The molecule has 40 heavy (non-hydrogen) atoms. The molecule has 1 aromatic heterocycles. The van der Waals surface area contributed by atoms with E-state index in [1.165, 1.54) is 24.3 Å². The largest absolute Gasteiger partial charge is 0.486 e. The van der Waals surface area contributed by atoms with Gasteiger partial charge in [0.2, 0.25) is 5.91 Å². The molecule has 1 unspecified atom stereocenters. The number of nitrogens with zero attached hydrogens (tertiary/aromatic N) is 1. The van der Waals surface area contributed by atoms with E-state index in [9.17, 15) is 18.4 Å². The van der Waals surface area contributed by atoms with E-state index >= 15 is 0 Å². The summed E-state index contributed by atoms with van der Waals surface area (Å²) < 4.78 is 39.0. The monoisotopic (exact) mass is 544 g/mol. The summed E-state index contributed by atoms with van der Waals surface area (Å²) in [6.45, 7) is 4.60. The van der Waals surface area contributed by atoms with Crippen LogP contribution in [0.4, 0.5) is 8.78 Å². The van der Waals surface area contributed by atoms with Crippen molar-refractivity contribution in [2.75, 3.05) is 6.54 Å². The third kappa shape index (κ3) is 6.06. The molecule has 0 fully saturated rings. The minimum atomic E-state index is -0.432. The van der Waals surface area contributed by atoms with Gasteiger partial charge in [-0.2, -0.15) is 0 Å². The van der Waals surface area contributed by atoms with E-state index in [2.05, 4.69) is 5.32 Å². The van der Waals surface area contributed by atoms with Crippen LogP contribution >= 0.6 is 0 Å². The topological polar surface area (TPSA) is 71.8 Å². The van der Waals surface area contributed by atoms with Gasteiger partial charge in [0.05, 0.1) is 6.04 Å². The Morgan fingerprint density at radius 2 is 1.80 bits per heavy atom. The number of carbonyl (C=O) groups is 2. The lowest BCUT2D eigenvalue weighted by Crippen LogP contribution is -2.42. The zero-order valence-electron chi connectivity index (χ0n) is 22.3. The summed E-state index contributed by atoms with van der Waals surface area (Å²) in [5.41, 5.74) is 3.44. The molecule has 0 saturated heterocycles. The van der Waals surface area contributed by atoms with E-state index in [0.717, 1.165) is 16.7 Å². The van der Waals surface area contributed by atoms with Crippen molar-refractivity contribution in [2.45, 2.75) is 39.5 Å². The first-order chi connectivity index (χ1) is 19.3. The van der Waals surface area contributed by atoms with Gasteiger partial charge in [-0.3, -0.25) is 9.59 Å². The normalized spacial score (nSPS) is 14.6. The lowest BCUT2D eigenvalue weighted by Gasteiger charge is -2.39. The molecule has 1 N–H and O–H groups in total. The van der Waals surface area contributed by atoms with Crippen molar-refractivity contribution < 1.29 is 27.5 Å². The molecule has 0 saturated carbocycles. The maximum atomic E-state index is 14.2. The summed E-state index contributed by atoms with van der Waals surface area (Å²) in [5.74, 6) is -0.108. The van der Waals surface area contributed by atoms with Crippen molar-refractivity contribution in [3.63, 3.8) is 0 Å². The number of halogens is 2. The molecule has 6 nitrogen and oxygen atoms in total. The molecule has 1 atom stereocenters. The van der Waals surface area contributed by atoms with Gasteiger partial charge in [0.1, 0.15) is 29.8 Å². The van der Waals surface area contributed by atoms with Gasteiger partial charge in [0.15, 0.2) is 5.76 Å². The number of carbonyl (C=O) groups excluding carboxylic acids is 2. The Morgan fingerprint density at radius 3 is 2.55 bits per heavy atom. The number of hydrogen-bond acceptors (Lipinski definition) is 4. The molecule has 0 aliphatic carbocycles. The first kappa shape index (κ1) is 27.1. The summed E-state index contributed by atoms with van der Waals surface area (Å²) in [7, 11) is 0. The fourth-order valence-corrected chi connectivity index (χ4v) is 4.89. The highest BCUT2D eigenvalue weighted by Gasteiger charge is 2.33. The fourth-order valence-electron chi connectivity index (χ4n) is 4.89. The number of benzene rings is 3. The van der Waals surface area contributed by atoms with Crippen molar-refractivity contribution >= 4 is 11.8 Å². The number of hydrogen-bond donors (Lipinski definition) is 1. The van der Waals surface area contributed by atoms with Crippen LogP contribution in [0.25, 0.3) is 0 Å². The Kier molecular flexibility index (Phi) is 7.96. The first-order valence-electron chi connectivity index (χ1n) is 13.2. The summed E-state index contributed by atoms with van der Waals surface area (Å²) >= 11 is 0. The van der Waals surface area contributed by atoms with Crippen LogP contribution in [0.15, 0.2) is 83.3 Å². The molecule has 4 aromatic rings. The molecule has 3 aromatic carbocycles. The summed E-state index contributed by atoms with van der Waals surface area (Å²) in [5, 5.41) is 2.75. The maximum Gasteiger partial charge on any atom is 0.287 e. The van der Waals surface area contributed by atoms with Crippen molar-refractivity contribution in [3.05, 3.63) is 124 Å². The van der Waals surface area contributed by atoms with Gasteiger partial charge in [0, 0.05) is 19.0 Å². The fraction of sp³-hybridized carbons (Fsp3) is 0.250. The molecule has 2 amide bonds. The van der Waals surface area contributed by atoms with Gasteiger partial charge in [-0.1, -0.05) is 44.2 Å². The van der Waals surface area contributed by atoms with Crippen molar-refractivity contribution in [3.8, 4) is 5.75 Å². The van der Waals surface area contributed by atoms with Crippen molar-refractivity contribution in [1.29, 1.82) is 0 Å². The second kappa shape index (κ2) is 11.7. The summed E-state index contributed by atoms with van der Waals surface area (Å²) in [4.78, 5) is 27.4. The van der Waals surface area contributed by atoms with Crippen LogP contribution < -0.4 is 10.1 Å². The SMILES string of the molecule is CC(C)C(=O)N1CCc2ccc(OCc3ccc(C(=O)NCc4ccc(F)cc4)o3)cc2C1c1cccc(F)c1. The van der Waals surface area contributed by atoms with Gasteiger partial charge in [-0.05, 0) is 77.2 Å². The predicted octanol–water partition coefficient (Wildman–Crippen LogP) is 6.20. The molecule has 1 aliphatic rings. The molecule has 0 spiro atoms. The Morgan fingerprint density at radius 1 is 1.00 bits per heavy atom. The predicted molar refractivity (Wildman–Crippen MR) is 146 cm³/mol. The second-order valence-electron chi connectivity index (χ2n) is 10.1. The van der Waals surface area contributed by atoms with Crippen molar-refractivity contribution in [1.82, 2.24) is 10.2 Å². The Balaban J connectivity index is 1.30. The molecular weight excluding hydrogens is 514 g/mol. The summed E-state index contributed by atoms with van der Waals surface area (Å²) in [6, 6.07) is 20.8. The zero-order valence-corrected chi connectivity index (χ0v) is 22.3. The molecular formula is C32H30F2N2O4. The lowest BCUT2D eigenvalue weighted by molar-refractivity contribution is -0.136. The van der Waals surface area contributed by atoms with Crippen LogP contribution in [0.2, 0.25) is 0 Å². The van der Waals surface area contributed by atoms with Gasteiger partial charge >= 0.3 is 0 Å². The van der Waals surface area contributed by atoms with E-state index < -0.39 is 11.9 Å². The highest BCUT2D eigenvalue weighted by atomic mass is 19.1. The second-order valence-corrected chi connectivity index (χ2v) is 10.1. The van der Waals surface area contributed by atoms with E-state index in [1.807, 2.05) is 43.0 Å². The van der Waals surface area contributed by atoms with Crippen LogP contribution in [0.5, 0.6) is 5.75 Å². The number of nitrogens with one attached hydrogen (secondary N) is 1. The number of amides is 2. The number of ether oxygens (including phenoxy) is 1. The molecule has 0 radical (unpaired) electrons. The third-order valence-corrected chi connectivity index (χ3v) is 6.92. The molecule has 8 heteroatoms. The van der Waals surface area contributed by atoms with E-state index in [4.69, 9.17) is 9.15 Å². The Hall–Kier alpha value is -4.46. The average Bonchev–Trinajstić information content (AvgIpc) is 3.43. The smallest absolute Gasteiger partial charge is 0.287 e. The van der Waals surface area contributed by atoms with Crippen LogP contribution in [0, 0.1) is 17.6 Å². The number of rotatable bonds is 8. The molecule has 5 rings (SSSR count). The van der Waals surface area contributed by atoms with E-state index in [-0.39, 0.29) is 42.4 Å². The van der Waals surface area contributed by atoms with Gasteiger partial charge < -0.3 is 19.4 Å². The summed E-state index contributed by atoms with van der Waals surface area (Å²) in [6.07, 6.45) is 0.689. The average molecular weight is 545 g/mol. The molecule has 2 heterocycles. The lowest BCUT2D eigenvalue weighted by atomic mass is 9.87. The first-order valence-corrected chi connectivity index (χ1v) is 13.2. The van der Waals surface area contributed by atoms with E-state index in [1.54, 1.807) is 30.3 Å². The van der Waals surface area contributed by atoms with Crippen LogP contribution in [-0.2, 0) is 24.4 Å². The molecule has 1 aliphatic heterocycles. The minimum absolute atomic E-state index is 0.00653. The van der Waals surface area contributed by atoms with Gasteiger partial charge in [-0.15, -0.1) is 0 Å². The Labute approximate surface area is 231 Å². The van der Waals surface area contributed by atoms with Gasteiger partial charge in [-0.25, -0.2) is 8.78 Å². The van der Waals surface area contributed by atoms with Crippen LogP contribution in [0.1, 0.15) is 58.5 Å². The number of furan rings is 1. The highest BCUT2D eigenvalue weighted by Crippen LogP contribution is 2.38. The highest BCUT2D eigenvalue weighted by molar-refractivity contribution is 5.91. The quantitative estimate of drug-likeness (QED) is 0.287. The van der Waals surface area contributed by atoms with Crippen LogP contribution in [-0.4, -0.2) is 23.3 Å². The zero-order chi connectivity index (χ0) is 28.2. The molecule has 206 valence electrons. The van der Waals surface area contributed by atoms with Crippen LogP contribution in [0.3, 0.4) is 0 Å².